The standard InChI is InChI=1S/C13H12N4O4/c14-5-9(6-15)7-16-12(8-18)13(19)10-1-3-11(4-2-10)17(20)21/h1-4,7,9,12-13,18-19H,8H2/t12-,13+/m0/s1. The van der Waals surface area contributed by atoms with E-state index in [0.717, 1.165) is 6.21 Å². The highest BCUT2D eigenvalue weighted by molar-refractivity contribution is 5.67. The van der Waals surface area contributed by atoms with Crippen molar-refractivity contribution in [3.8, 4) is 12.1 Å². The van der Waals surface area contributed by atoms with E-state index in [2.05, 4.69) is 4.99 Å². The summed E-state index contributed by atoms with van der Waals surface area (Å²) in [6.07, 6.45) is -0.153. The number of nitro benzene ring substituents is 1. The summed E-state index contributed by atoms with van der Waals surface area (Å²) in [6, 6.07) is 7.56. The largest absolute Gasteiger partial charge is 0.394 e. The van der Waals surface area contributed by atoms with Crippen molar-refractivity contribution < 1.29 is 15.1 Å². The molecule has 2 atom stereocenters. The fourth-order valence-corrected chi connectivity index (χ4v) is 1.54. The van der Waals surface area contributed by atoms with Crippen LogP contribution in [-0.4, -0.2) is 34.0 Å². The summed E-state index contributed by atoms with van der Waals surface area (Å²) < 4.78 is 0. The molecule has 0 amide bonds. The van der Waals surface area contributed by atoms with Crippen molar-refractivity contribution in [3.63, 3.8) is 0 Å². The lowest BCUT2D eigenvalue weighted by Gasteiger charge is -2.17. The quantitative estimate of drug-likeness (QED) is 0.448. The molecule has 0 fully saturated rings. The lowest BCUT2D eigenvalue weighted by molar-refractivity contribution is -0.384. The number of non-ortho nitro benzene ring substituents is 1. The number of hydrogen-bond donors (Lipinski definition) is 2. The smallest absolute Gasteiger partial charge is 0.269 e. The first kappa shape index (κ1) is 16.2. The Balaban J connectivity index is 2.88. The minimum atomic E-state index is -1.20. The molecule has 0 radical (unpaired) electrons. The SMILES string of the molecule is N#CC(C#N)C=N[C@@H](CO)[C@H](O)c1ccc([N+](=O)[O-])cc1. The van der Waals surface area contributed by atoms with Gasteiger partial charge in [-0.3, -0.25) is 15.1 Å². The maximum Gasteiger partial charge on any atom is 0.269 e. The Labute approximate surface area is 120 Å². The Morgan fingerprint density at radius 2 is 1.90 bits per heavy atom. The molecule has 21 heavy (non-hydrogen) atoms. The van der Waals surface area contributed by atoms with Crippen molar-refractivity contribution in [1.82, 2.24) is 0 Å². The average Bonchev–Trinajstić information content (AvgIpc) is 2.51. The number of hydrogen-bond acceptors (Lipinski definition) is 7. The predicted molar refractivity (Wildman–Crippen MR) is 72.1 cm³/mol. The number of benzene rings is 1. The molecule has 108 valence electrons. The average molecular weight is 288 g/mol. The van der Waals surface area contributed by atoms with Crippen molar-refractivity contribution in [3.05, 3.63) is 39.9 Å². The fourth-order valence-electron chi connectivity index (χ4n) is 1.54. The number of nitriles is 2. The molecule has 1 aromatic carbocycles. The molecule has 1 aromatic rings. The zero-order valence-electron chi connectivity index (χ0n) is 10.8. The summed E-state index contributed by atoms with van der Waals surface area (Å²) in [5.41, 5.74) is 0.214. The van der Waals surface area contributed by atoms with E-state index in [9.17, 15) is 20.3 Å². The van der Waals surface area contributed by atoms with Gasteiger partial charge < -0.3 is 10.2 Å². The van der Waals surface area contributed by atoms with E-state index in [-0.39, 0.29) is 5.69 Å². The summed E-state index contributed by atoms with van der Waals surface area (Å²) in [6.45, 7) is -0.502. The van der Waals surface area contributed by atoms with Gasteiger partial charge in [0.15, 0.2) is 5.92 Å². The molecule has 0 unspecified atom stereocenters. The number of nitro groups is 1. The van der Waals surface area contributed by atoms with Gasteiger partial charge in [0.25, 0.3) is 5.69 Å². The molecule has 0 saturated carbocycles. The molecule has 2 N–H and O–H groups in total. The lowest BCUT2D eigenvalue weighted by Crippen LogP contribution is -2.21. The second-order valence-electron chi connectivity index (χ2n) is 4.08. The summed E-state index contributed by atoms with van der Waals surface area (Å²) in [5, 5.41) is 47.0. The van der Waals surface area contributed by atoms with Gasteiger partial charge in [-0.25, -0.2) is 0 Å². The van der Waals surface area contributed by atoms with Gasteiger partial charge in [0.1, 0.15) is 12.1 Å². The fraction of sp³-hybridized carbons (Fsp3) is 0.308. The highest BCUT2D eigenvalue weighted by atomic mass is 16.6. The first-order valence-electron chi connectivity index (χ1n) is 5.89. The van der Waals surface area contributed by atoms with E-state index >= 15 is 0 Å². The van der Waals surface area contributed by atoms with Crippen LogP contribution in [0.1, 0.15) is 11.7 Å². The van der Waals surface area contributed by atoms with Crippen LogP contribution in [-0.2, 0) is 0 Å². The molecule has 1 rings (SSSR count). The Kier molecular flexibility index (Phi) is 5.96. The zero-order chi connectivity index (χ0) is 15.8. The van der Waals surface area contributed by atoms with E-state index < -0.39 is 29.6 Å². The second-order valence-corrected chi connectivity index (χ2v) is 4.08. The molecule has 0 aliphatic carbocycles. The number of aliphatic hydroxyl groups excluding tert-OH is 2. The molecule has 0 aliphatic heterocycles. The third-order valence-electron chi connectivity index (χ3n) is 2.70. The predicted octanol–water partition coefficient (Wildman–Crippen LogP) is 0.723. The third-order valence-corrected chi connectivity index (χ3v) is 2.70. The molecule has 8 heteroatoms. The van der Waals surface area contributed by atoms with E-state index in [1.54, 1.807) is 12.1 Å². The van der Waals surface area contributed by atoms with Gasteiger partial charge in [0.05, 0.1) is 23.7 Å². The van der Waals surface area contributed by atoms with Gasteiger partial charge in [0, 0.05) is 18.3 Å². The molecule has 0 aromatic heterocycles. The van der Waals surface area contributed by atoms with E-state index in [0.29, 0.717) is 5.56 Å². The van der Waals surface area contributed by atoms with Gasteiger partial charge in [0.2, 0.25) is 0 Å². The van der Waals surface area contributed by atoms with Crippen LogP contribution >= 0.6 is 0 Å². The Morgan fingerprint density at radius 3 is 2.33 bits per heavy atom. The molecule has 0 saturated heterocycles. The van der Waals surface area contributed by atoms with E-state index in [1.165, 1.54) is 24.3 Å². The van der Waals surface area contributed by atoms with Crippen molar-refractivity contribution in [2.75, 3.05) is 6.61 Å². The topological polar surface area (TPSA) is 144 Å². The highest BCUT2D eigenvalue weighted by Crippen LogP contribution is 2.22. The normalized spacial score (nSPS) is 13.6. The highest BCUT2D eigenvalue weighted by Gasteiger charge is 2.20. The maximum atomic E-state index is 10.5. The lowest BCUT2D eigenvalue weighted by atomic mass is 10.0. The molecular weight excluding hydrogens is 276 g/mol. The van der Waals surface area contributed by atoms with E-state index in [4.69, 9.17) is 10.5 Å². The molecule has 0 heterocycles. The van der Waals surface area contributed by atoms with Gasteiger partial charge in [-0.15, -0.1) is 0 Å². The molecule has 0 spiro atoms. The zero-order valence-corrected chi connectivity index (χ0v) is 10.8. The number of nitrogens with zero attached hydrogens (tertiary/aromatic N) is 4. The van der Waals surface area contributed by atoms with Crippen LogP contribution in [0.25, 0.3) is 0 Å². The number of aliphatic hydroxyl groups is 2. The molecule has 0 bridgehead atoms. The molecule has 8 nitrogen and oxygen atoms in total. The van der Waals surface area contributed by atoms with Crippen LogP contribution < -0.4 is 0 Å². The summed E-state index contributed by atoms with van der Waals surface area (Å²) in [5.74, 6) is -1.07. The van der Waals surface area contributed by atoms with Crippen molar-refractivity contribution in [1.29, 1.82) is 10.5 Å². The minimum Gasteiger partial charge on any atom is -0.394 e. The van der Waals surface area contributed by atoms with Gasteiger partial charge in [-0.2, -0.15) is 10.5 Å². The van der Waals surface area contributed by atoms with Gasteiger partial charge in [-0.05, 0) is 17.7 Å². The summed E-state index contributed by atoms with van der Waals surface area (Å²) in [4.78, 5) is 13.8. The van der Waals surface area contributed by atoms with Crippen molar-refractivity contribution in [2.45, 2.75) is 12.1 Å². The van der Waals surface area contributed by atoms with Crippen LogP contribution in [0.15, 0.2) is 29.3 Å². The first-order valence-corrected chi connectivity index (χ1v) is 5.89. The number of rotatable bonds is 6. The maximum absolute atomic E-state index is 10.5. The van der Waals surface area contributed by atoms with Crippen LogP contribution in [0.4, 0.5) is 5.69 Å². The van der Waals surface area contributed by atoms with Gasteiger partial charge in [-0.1, -0.05) is 0 Å². The minimum absolute atomic E-state index is 0.121. The number of aliphatic imine (C=N–C) groups is 1. The Hall–Kier alpha value is -2.81. The van der Waals surface area contributed by atoms with Crippen LogP contribution in [0.3, 0.4) is 0 Å². The Bertz CT molecular complexity index is 586. The van der Waals surface area contributed by atoms with Crippen molar-refractivity contribution in [2.24, 2.45) is 10.9 Å². The third kappa shape index (κ3) is 4.35. The first-order chi connectivity index (χ1) is 10.0. The Morgan fingerprint density at radius 1 is 1.33 bits per heavy atom. The van der Waals surface area contributed by atoms with Crippen LogP contribution in [0.2, 0.25) is 0 Å². The van der Waals surface area contributed by atoms with Crippen molar-refractivity contribution >= 4 is 11.9 Å². The van der Waals surface area contributed by atoms with Gasteiger partial charge >= 0.3 is 0 Å². The molecule has 0 aliphatic rings. The van der Waals surface area contributed by atoms with Crippen LogP contribution in [0, 0.1) is 38.7 Å². The molecular formula is C13H12N4O4. The second kappa shape index (κ2) is 7.70. The summed E-state index contributed by atoms with van der Waals surface area (Å²) >= 11 is 0. The van der Waals surface area contributed by atoms with E-state index in [1.807, 2.05) is 0 Å². The van der Waals surface area contributed by atoms with Crippen LogP contribution in [0.5, 0.6) is 0 Å². The monoisotopic (exact) mass is 288 g/mol. The summed E-state index contributed by atoms with van der Waals surface area (Å²) in [7, 11) is 0.